The van der Waals surface area contributed by atoms with Gasteiger partial charge in [-0.3, -0.25) is 5.43 Å². The first-order valence-corrected chi connectivity index (χ1v) is 9.94. The lowest BCUT2D eigenvalue weighted by atomic mass is 10.2. The number of halogens is 5. The lowest BCUT2D eigenvalue weighted by Gasteiger charge is -2.14. The van der Waals surface area contributed by atoms with E-state index in [1.54, 1.807) is 37.3 Å². The van der Waals surface area contributed by atoms with Crippen molar-refractivity contribution in [1.29, 1.82) is 0 Å². The first kappa shape index (κ1) is 23.4. The van der Waals surface area contributed by atoms with Crippen molar-refractivity contribution in [3.05, 3.63) is 88.2 Å². The van der Waals surface area contributed by atoms with Gasteiger partial charge in [0.15, 0.2) is 11.5 Å². The number of rotatable bonds is 8. The summed E-state index contributed by atoms with van der Waals surface area (Å²) in [5.41, 5.74) is 3.23. The lowest BCUT2D eigenvalue weighted by Crippen LogP contribution is -2.04. The minimum absolute atomic E-state index is 0.0324. The van der Waals surface area contributed by atoms with E-state index in [4.69, 9.17) is 21.1 Å². The van der Waals surface area contributed by atoms with Crippen LogP contribution in [0.2, 0.25) is 5.02 Å². The maximum Gasteiger partial charge on any atom is 0.416 e. The number of hydrazone groups is 1. The molecule has 0 saturated carbocycles. The van der Waals surface area contributed by atoms with Crippen molar-refractivity contribution in [2.45, 2.75) is 19.7 Å². The SMILES string of the molecule is CCOc1cc(/C=N/Nc2ccc(C(F)(F)F)cc2)cc(Cl)c1OCc1ccccc1F. The van der Waals surface area contributed by atoms with Crippen LogP contribution < -0.4 is 14.9 Å². The Morgan fingerprint density at radius 2 is 1.75 bits per heavy atom. The van der Waals surface area contributed by atoms with E-state index in [0.717, 1.165) is 12.1 Å². The number of ether oxygens (including phenoxy) is 2. The number of nitrogens with one attached hydrogen (secondary N) is 1. The molecule has 1 N–H and O–H groups in total. The summed E-state index contributed by atoms with van der Waals surface area (Å²) in [5.74, 6) is 0.233. The molecule has 0 aliphatic rings. The molecule has 0 saturated heterocycles. The Kier molecular flexibility index (Phi) is 7.58. The second-order valence-electron chi connectivity index (χ2n) is 6.59. The van der Waals surface area contributed by atoms with Crippen LogP contribution in [0.15, 0.2) is 65.8 Å². The average molecular weight is 467 g/mol. The summed E-state index contributed by atoms with van der Waals surface area (Å²) in [5, 5.41) is 4.26. The van der Waals surface area contributed by atoms with Crippen LogP contribution in [0.4, 0.5) is 23.2 Å². The molecular weight excluding hydrogens is 448 g/mol. The molecule has 0 heterocycles. The fourth-order valence-electron chi connectivity index (χ4n) is 2.75. The van der Waals surface area contributed by atoms with Crippen molar-refractivity contribution < 1.29 is 27.0 Å². The molecular formula is C23H19ClF4N2O2. The number of hydrogen-bond acceptors (Lipinski definition) is 4. The highest BCUT2D eigenvalue weighted by Crippen LogP contribution is 2.37. The van der Waals surface area contributed by atoms with Gasteiger partial charge in [0.25, 0.3) is 0 Å². The molecule has 0 aliphatic carbocycles. The van der Waals surface area contributed by atoms with E-state index in [9.17, 15) is 17.6 Å². The van der Waals surface area contributed by atoms with E-state index in [1.165, 1.54) is 24.4 Å². The Bertz CT molecular complexity index is 1090. The third-order valence-electron chi connectivity index (χ3n) is 4.28. The minimum atomic E-state index is -4.40. The average Bonchev–Trinajstić information content (AvgIpc) is 2.74. The predicted octanol–water partition coefficient (Wildman–Crippen LogP) is 6.92. The van der Waals surface area contributed by atoms with Crippen LogP contribution in [0.1, 0.15) is 23.6 Å². The normalized spacial score (nSPS) is 11.6. The lowest BCUT2D eigenvalue weighted by molar-refractivity contribution is -0.137. The van der Waals surface area contributed by atoms with E-state index in [-0.39, 0.29) is 23.2 Å². The zero-order chi connectivity index (χ0) is 23.1. The largest absolute Gasteiger partial charge is 0.490 e. The van der Waals surface area contributed by atoms with Gasteiger partial charge >= 0.3 is 6.18 Å². The number of anilines is 1. The molecule has 168 valence electrons. The molecule has 0 unspecified atom stereocenters. The molecule has 4 nitrogen and oxygen atoms in total. The van der Waals surface area contributed by atoms with E-state index in [2.05, 4.69) is 10.5 Å². The Morgan fingerprint density at radius 1 is 1.03 bits per heavy atom. The summed E-state index contributed by atoms with van der Waals surface area (Å²) in [6.45, 7) is 2.10. The molecule has 0 spiro atoms. The van der Waals surface area contributed by atoms with Gasteiger partial charge < -0.3 is 9.47 Å². The van der Waals surface area contributed by atoms with Crippen LogP contribution in [0.3, 0.4) is 0 Å². The van der Waals surface area contributed by atoms with E-state index in [1.807, 2.05) is 0 Å². The van der Waals surface area contributed by atoms with Crippen molar-refractivity contribution in [1.82, 2.24) is 0 Å². The number of alkyl halides is 3. The van der Waals surface area contributed by atoms with Crippen LogP contribution in [-0.2, 0) is 12.8 Å². The van der Waals surface area contributed by atoms with Gasteiger partial charge in [-0.1, -0.05) is 29.8 Å². The molecule has 9 heteroatoms. The third kappa shape index (κ3) is 6.13. The van der Waals surface area contributed by atoms with Crippen molar-refractivity contribution in [3.63, 3.8) is 0 Å². The fourth-order valence-corrected chi connectivity index (χ4v) is 3.02. The Morgan fingerprint density at radius 3 is 2.41 bits per heavy atom. The highest BCUT2D eigenvalue weighted by Gasteiger charge is 2.29. The van der Waals surface area contributed by atoms with Crippen molar-refractivity contribution in [2.75, 3.05) is 12.0 Å². The summed E-state index contributed by atoms with van der Waals surface area (Å²) in [4.78, 5) is 0. The Labute approximate surface area is 187 Å². The molecule has 3 aromatic rings. The molecule has 0 bridgehead atoms. The number of hydrogen-bond donors (Lipinski definition) is 1. The highest BCUT2D eigenvalue weighted by molar-refractivity contribution is 6.32. The number of nitrogens with zero attached hydrogens (tertiary/aromatic N) is 1. The van der Waals surface area contributed by atoms with Crippen molar-refractivity contribution >= 4 is 23.5 Å². The highest BCUT2D eigenvalue weighted by atomic mass is 35.5. The van der Waals surface area contributed by atoms with Crippen LogP contribution in [0, 0.1) is 5.82 Å². The van der Waals surface area contributed by atoms with E-state index < -0.39 is 11.7 Å². The van der Waals surface area contributed by atoms with Gasteiger partial charge in [0, 0.05) is 5.56 Å². The minimum Gasteiger partial charge on any atom is -0.490 e. The van der Waals surface area contributed by atoms with Gasteiger partial charge in [0.1, 0.15) is 12.4 Å². The summed E-state index contributed by atoms with van der Waals surface area (Å²) in [6, 6.07) is 13.9. The first-order chi connectivity index (χ1) is 15.3. The van der Waals surface area contributed by atoms with E-state index in [0.29, 0.717) is 29.2 Å². The Balaban J connectivity index is 1.72. The molecule has 0 aromatic heterocycles. The zero-order valence-corrected chi connectivity index (χ0v) is 17.7. The summed E-state index contributed by atoms with van der Waals surface area (Å²) >= 11 is 6.35. The maximum absolute atomic E-state index is 13.8. The van der Waals surface area contributed by atoms with Gasteiger partial charge in [0.2, 0.25) is 0 Å². The molecule has 0 atom stereocenters. The van der Waals surface area contributed by atoms with Crippen LogP contribution in [0.5, 0.6) is 11.5 Å². The molecule has 3 aromatic carbocycles. The van der Waals surface area contributed by atoms with Crippen molar-refractivity contribution in [3.8, 4) is 11.5 Å². The number of benzene rings is 3. The smallest absolute Gasteiger partial charge is 0.416 e. The monoisotopic (exact) mass is 466 g/mol. The summed E-state index contributed by atoms with van der Waals surface area (Å²) < 4.78 is 63.0. The van der Waals surface area contributed by atoms with Gasteiger partial charge in [0.05, 0.1) is 29.1 Å². The van der Waals surface area contributed by atoms with Crippen molar-refractivity contribution in [2.24, 2.45) is 5.10 Å². The van der Waals surface area contributed by atoms with Crippen LogP contribution >= 0.6 is 11.6 Å². The van der Waals surface area contributed by atoms with Crippen LogP contribution in [-0.4, -0.2) is 12.8 Å². The first-order valence-electron chi connectivity index (χ1n) is 9.57. The van der Waals surface area contributed by atoms with Gasteiger partial charge in [-0.15, -0.1) is 0 Å². The fraction of sp³-hybridized carbons (Fsp3) is 0.174. The van der Waals surface area contributed by atoms with Gasteiger partial charge in [-0.25, -0.2) is 4.39 Å². The Hall–Kier alpha value is -3.26. The second-order valence-corrected chi connectivity index (χ2v) is 7.00. The maximum atomic E-state index is 13.8. The van der Waals surface area contributed by atoms with E-state index >= 15 is 0 Å². The third-order valence-corrected chi connectivity index (χ3v) is 4.56. The second kappa shape index (κ2) is 10.4. The molecule has 0 amide bonds. The zero-order valence-electron chi connectivity index (χ0n) is 16.9. The molecule has 0 radical (unpaired) electrons. The van der Waals surface area contributed by atoms with Gasteiger partial charge in [-0.05, 0) is 55.0 Å². The molecule has 32 heavy (non-hydrogen) atoms. The van der Waals surface area contributed by atoms with Crippen LogP contribution in [0.25, 0.3) is 0 Å². The van der Waals surface area contributed by atoms with Gasteiger partial charge in [-0.2, -0.15) is 18.3 Å². The summed E-state index contributed by atoms with van der Waals surface area (Å²) in [7, 11) is 0. The quantitative estimate of drug-likeness (QED) is 0.222. The summed E-state index contributed by atoms with van der Waals surface area (Å²) in [6.07, 6.45) is -2.96. The predicted molar refractivity (Wildman–Crippen MR) is 116 cm³/mol. The molecule has 3 rings (SSSR count). The molecule has 0 aliphatic heterocycles. The standard InChI is InChI=1S/C23H19ClF4N2O2/c1-2-31-21-12-15(13-29-30-18-9-7-17(8-10-18)23(26,27)28)11-19(24)22(21)32-14-16-5-3-4-6-20(16)25/h3-13,30H,2,14H2,1H3/b29-13+. The topological polar surface area (TPSA) is 42.8 Å². The molecule has 0 fully saturated rings.